The van der Waals surface area contributed by atoms with Gasteiger partial charge in [-0.3, -0.25) is 4.79 Å². The SMILES string of the molecule is CCC(C)c1ccc(OCCCCn2c(CCCNC(=O)c3ccccc3OC)nc3ccccc32)cc1. The second kappa shape index (κ2) is 13.7. The Morgan fingerprint density at radius 2 is 1.74 bits per heavy atom. The van der Waals surface area contributed by atoms with Crippen LogP contribution in [0.3, 0.4) is 0 Å². The van der Waals surface area contributed by atoms with Gasteiger partial charge in [0, 0.05) is 19.5 Å². The van der Waals surface area contributed by atoms with Crippen LogP contribution in [0.2, 0.25) is 0 Å². The first-order chi connectivity index (χ1) is 18.6. The van der Waals surface area contributed by atoms with Crippen LogP contribution in [0.1, 0.15) is 67.2 Å². The standard InChI is InChI=1S/C32H39N3O3/c1-4-24(2)25-17-19-26(20-18-25)38-23-10-9-22-35-29-14-7-6-13-28(29)34-31(35)16-11-21-33-32(36)27-12-5-8-15-30(27)37-3/h5-8,12-15,17-20,24H,4,9-11,16,21-23H2,1-3H3,(H,33,36). The second-order valence-corrected chi connectivity index (χ2v) is 9.66. The summed E-state index contributed by atoms with van der Waals surface area (Å²) in [5.74, 6) is 3.02. The van der Waals surface area contributed by atoms with Crippen molar-refractivity contribution in [2.24, 2.45) is 0 Å². The molecule has 3 aromatic carbocycles. The van der Waals surface area contributed by atoms with Gasteiger partial charge in [0.15, 0.2) is 0 Å². The Hall–Kier alpha value is -3.80. The first kappa shape index (κ1) is 27.2. The number of hydrogen-bond donors (Lipinski definition) is 1. The van der Waals surface area contributed by atoms with E-state index < -0.39 is 0 Å². The summed E-state index contributed by atoms with van der Waals surface area (Å²) in [5.41, 5.74) is 4.08. The van der Waals surface area contributed by atoms with Crippen molar-refractivity contribution in [2.45, 2.75) is 58.4 Å². The van der Waals surface area contributed by atoms with E-state index in [-0.39, 0.29) is 5.91 Å². The van der Waals surface area contributed by atoms with Gasteiger partial charge in [0.1, 0.15) is 17.3 Å². The van der Waals surface area contributed by atoms with Crippen molar-refractivity contribution in [3.05, 3.63) is 89.7 Å². The number of benzene rings is 3. The summed E-state index contributed by atoms with van der Waals surface area (Å²) in [6.07, 6.45) is 4.71. The molecule has 0 saturated heterocycles. The minimum Gasteiger partial charge on any atom is -0.496 e. The van der Waals surface area contributed by atoms with Gasteiger partial charge < -0.3 is 19.4 Å². The maximum atomic E-state index is 12.6. The van der Waals surface area contributed by atoms with E-state index in [1.54, 1.807) is 19.2 Å². The summed E-state index contributed by atoms with van der Waals surface area (Å²) in [6.45, 7) is 6.62. The first-order valence-corrected chi connectivity index (χ1v) is 13.7. The van der Waals surface area contributed by atoms with E-state index in [0.717, 1.165) is 61.3 Å². The molecule has 0 aliphatic carbocycles. The van der Waals surface area contributed by atoms with Crippen LogP contribution in [0.4, 0.5) is 0 Å². The molecular formula is C32H39N3O3. The third-order valence-corrected chi connectivity index (χ3v) is 7.05. The molecule has 38 heavy (non-hydrogen) atoms. The predicted molar refractivity (Wildman–Crippen MR) is 153 cm³/mol. The van der Waals surface area contributed by atoms with Crippen molar-refractivity contribution in [3.8, 4) is 11.5 Å². The van der Waals surface area contributed by atoms with Gasteiger partial charge in [-0.2, -0.15) is 0 Å². The number of carbonyl (C=O) groups excluding carboxylic acids is 1. The molecule has 0 spiro atoms. The van der Waals surface area contributed by atoms with Gasteiger partial charge >= 0.3 is 0 Å². The summed E-state index contributed by atoms with van der Waals surface area (Å²) in [7, 11) is 1.58. The number of nitrogens with one attached hydrogen (secondary N) is 1. The predicted octanol–water partition coefficient (Wildman–Crippen LogP) is 6.78. The number of aromatic nitrogens is 2. The number of nitrogens with zero attached hydrogens (tertiary/aromatic N) is 2. The number of unbranched alkanes of at least 4 members (excludes halogenated alkanes) is 1. The van der Waals surface area contributed by atoms with E-state index in [0.29, 0.717) is 30.4 Å². The highest BCUT2D eigenvalue weighted by Gasteiger charge is 2.13. The van der Waals surface area contributed by atoms with Crippen LogP contribution in [-0.2, 0) is 13.0 Å². The maximum Gasteiger partial charge on any atom is 0.255 e. The lowest BCUT2D eigenvalue weighted by atomic mass is 9.99. The van der Waals surface area contributed by atoms with E-state index in [1.807, 2.05) is 18.2 Å². The molecule has 1 aromatic heterocycles. The molecule has 1 N–H and O–H groups in total. The smallest absolute Gasteiger partial charge is 0.255 e. The lowest BCUT2D eigenvalue weighted by molar-refractivity contribution is 0.0950. The number of rotatable bonds is 14. The van der Waals surface area contributed by atoms with Gasteiger partial charge in [-0.15, -0.1) is 0 Å². The van der Waals surface area contributed by atoms with Gasteiger partial charge in [0.2, 0.25) is 0 Å². The molecule has 0 fully saturated rings. The molecule has 0 aliphatic rings. The Balaban J connectivity index is 1.27. The van der Waals surface area contributed by atoms with Gasteiger partial charge in [0.05, 0.1) is 30.3 Å². The highest BCUT2D eigenvalue weighted by molar-refractivity contribution is 5.96. The molecule has 4 aromatic rings. The van der Waals surface area contributed by atoms with Crippen LogP contribution < -0.4 is 14.8 Å². The van der Waals surface area contributed by atoms with Gasteiger partial charge in [-0.05, 0) is 73.6 Å². The van der Waals surface area contributed by atoms with Crippen molar-refractivity contribution in [1.29, 1.82) is 0 Å². The maximum absolute atomic E-state index is 12.6. The number of imidazole rings is 1. The summed E-state index contributed by atoms with van der Waals surface area (Å²) < 4.78 is 13.6. The highest BCUT2D eigenvalue weighted by Crippen LogP contribution is 2.22. The Labute approximate surface area is 226 Å². The van der Waals surface area contributed by atoms with Crippen LogP contribution in [0.5, 0.6) is 11.5 Å². The topological polar surface area (TPSA) is 65.4 Å². The van der Waals surface area contributed by atoms with Crippen molar-refractivity contribution in [1.82, 2.24) is 14.9 Å². The molecule has 1 heterocycles. The molecule has 4 rings (SSSR count). The lowest BCUT2D eigenvalue weighted by Crippen LogP contribution is -2.25. The van der Waals surface area contributed by atoms with Crippen LogP contribution in [0, 0.1) is 0 Å². The molecule has 0 saturated carbocycles. The number of amides is 1. The number of carbonyl (C=O) groups is 1. The number of fused-ring (bicyclic) bond motifs is 1. The summed E-state index contributed by atoms with van der Waals surface area (Å²) in [5, 5.41) is 3.01. The van der Waals surface area contributed by atoms with Crippen LogP contribution >= 0.6 is 0 Å². The fourth-order valence-electron chi connectivity index (χ4n) is 4.63. The first-order valence-electron chi connectivity index (χ1n) is 13.7. The largest absolute Gasteiger partial charge is 0.496 e. The zero-order valence-corrected chi connectivity index (χ0v) is 22.8. The zero-order valence-electron chi connectivity index (χ0n) is 22.8. The van der Waals surface area contributed by atoms with E-state index in [9.17, 15) is 4.79 Å². The number of ether oxygens (including phenoxy) is 2. The highest BCUT2D eigenvalue weighted by atomic mass is 16.5. The second-order valence-electron chi connectivity index (χ2n) is 9.66. The minimum atomic E-state index is -0.120. The van der Waals surface area contributed by atoms with E-state index in [1.165, 1.54) is 5.56 Å². The van der Waals surface area contributed by atoms with Crippen molar-refractivity contribution in [3.63, 3.8) is 0 Å². The minimum absolute atomic E-state index is 0.120. The van der Waals surface area contributed by atoms with E-state index >= 15 is 0 Å². The monoisotopic (exact) mass is 513 g/mol. The third-order valence-electron chi connectivity index (χ3n) is 7.05. The van der Waals surface area contributed by atoms with Crippen LogP contribution in [0.15, 0.2) is 72.8 Å². The molecular weight excluding hydrogens is 474 g/mol. The molecule has 0 bridgehead atoms. The summed E-state index contributed by atoms with van der Waals surface area (Å²) in [6, 6.07) is 24.1. The molecule has 200 valence electrons. The molecule has 1 atom stereocenters. The van der Waals surface area contributed by atoms with Gasteiger partial charge in [-0.1, -0.05) is 50.2 Å². The van der Waals surface area contributed by atoms with Crippen molar-refractivity contribution in [2.75, 3.05) is 20.3 Å². The van der Waals surface area contributed by atoms with E-state index in [2.05, 4.69) is 66.2 Å². The Morgan fingerprint density at radius 1 is 0.974 bits per heavy atom. The molecule has 0 aliphatic heterocycles. The average molecular weight is 514 g/mol. The van der Waals surface area contributed by atoms with Gasteiger partial charge in [-0.25, -0.2) is 4.98 Å². The fourth-order valence-corrected chi connectivity index (χ4v) is 4.63. The Bertz CT molecular complexity index is 1310. The van der Waals surface area contributed by atoms with Crippen molar-refractivity contribution < 1.29 is 14.3 Å². The lowest BCUT2D eigenvalue weighted by Gasteiger charge is -2.12. The Kier molecular flexibility index (Phi) is 9.79. The number of para-hydroxylation sites is 3. The third kappa shape index (κ3) is 6.94. The van der Waals surface area contributed by atoms with Gasteiger partial charge in [0.25, 0.3) is 5.91 Å². The normalized spacial score (nSPS) is 11.9. The van der Waals surface area contributed by atoms with Crippen molar-refractivity contribution >= 4 is 16.9 Å². The molecule has 1 amide bonds. The average Bonchev–Trinajstić information content (AvgIpc) is 3.32. The Morgan fingerprint density at radius 3 is 2.53 bits per heavy atom. The molecule has 0 radical (unpaired) electrons. The number of aryl methyl sites for hydroxylation is 2. The molecule has 1 unspecified atom stereocenters. The quantitative estimate of drug-likeness (QED) is 0.189. The number of methoxy groups -OCH3 is 1. The number of hydrogen-bond acceptors (Lipinski definition) is 4. The zero-order chi connectivity index (χ0) is 26.7. The van der Waals surface area contributed by atoms with Crippen LogP contribution in [0.25, 0.3) is 11.0 Å². The molecule has 6 heteroatoms. The fraction of sp³-hybridized carbons (Fsp3) is 0.375. The molecule has 6 nitrogen and oxygen atoms in total. The summed E-state index contributed by atoms with van der Waals surface area (Å²) >= 11 is 0. The van der Waals surface area contributed by atoms with Crippen LogP contribution in [-0.4, -0.2) is 35.7 Å². The van der Waals surface area contributed by atoms with E-state index in [4.69, 9.17) is 14.5 Å². The summed E-state index contributed by atoms with van der Waals surface area (Å²) in [4.78, 5) is 17.5.